The highest BCUT2D eigenvalue weighted by molar-refractivity contribution is 7.92. The van der Waals surface area contributed by atoms with E-state index in [4.69, 9.17) is 0 Å². The molecule has 1 aromatic rings. The minimum atomic E-state index is -3.43. The molecule has 1 saturated carbocycles. The Morgan fingerprint density at radius 2 is 1.78 bits per heavy atom. The maximum atomic E-state index is 13.1. The van der Waals surface area contributed by atoms with Crippen molar-refractivity contribution >= 4 is 15.7 Å². The molecule has 23 heavy (non-hydrogen) atoms. The quantitative estimate of drug-likeness (QED) is 0.865. The third-order valence-electron chi connectivity index (χ3n) is 4.47. The summed E-state index contributed by atoms with van der Waals surface area (Å²) in [5.74, 6) is -1.05. The van der Waals surface area contributed by atoms with Gasteiger partial charge < -0.3 is 5.32 Å². The zero-order valence-electron chi connectivity index (χ0n) is 13.6. The summed E-state index contributed by atoms with van der Waals surface area (Å²) in [4.78, 5) is 12.2. The van der Waals surface area contributed by atoms with Gasteiger partial charge in [0.1, 0.15) is 11.6 Å². The van der Waals surface area contributed by atoms with Crippen molar-refractivity contribution in [3.63, 3.8) is 0 Å². The van der Waals surface area contributed by atoms with Crippen molar-refractivity contribution < 1.29 is 17.6 Å². The molecule has 1 aliphatic rings. The first-order valence-electron chi connectivity index (χ1n) is 8.06. The Morgan fingerprint density at radius 3 is 2.30 bits per heavy atom. The van der Waals surface area contributed by atoms with E-state index in [1.807, 2.05) is 0 Å². The Labute approximate surface area is 137 Å². The van der Waals surface area contributed by atoms with Gasteiger partial charge in [0, 0.05) is 0 Å². The maximum Gasteiger partial charge on any atom is 0.235 e. The molecule has 1 aliphatic carbocycles. The monoisotopic (exact) mass is 341 g/mol. The zero-order valence-corrected chi connectivity index (χ0v) is 14.4. The van der Waals surface area contributed by atoms with E-state index in [0.717, 1.165) is 31.2 Å². The Balaban J connectivity index is 2.15. The van der Waals surface area contributed by atoms with Crippen LogP contribution < -0.4 is 5.32 Å². The number of sulfone groups is 1. The first-order valence-corrected chi connectivity index (χ1v) is 9.77. The summed E-state index contributed by atoms with van der Waals surface area (Å²) in [5.41, 5.74) is 0.827. The predicted octanol–water partition coefficient (Wildman–Crippen LogP) is 3.00. The molecule has 4 nitrogen and oxygen atoms in total. The Morgan fingerprint density at radius 1 is 1.22 bits per heavy atom. The number of benzene rings is 1. The number of rotatable bonds is 6. The van der Waals surface area contributed by atoms with E-state index in [2.05, 4.69) is 5.32 Å². The molecule has 1 fully saturated rings. The summed E-state index contributed by atoms with van der Waals surface area (Å²) < 4.78 is 37.0. The smallest absolute Gasteiger partial charge is 0.235 e. The summed E-state index contributed by atoms with van der Waals surface area (Å²) in [5, 5.41) is 2.29. The van der Waals surface area contributed by atoms with Gasteiger partial charge in [-0.05, 0) is 50.3 Å². The second-order valence-corrected chi connectivity index (χ2v) is 9.05. The lowest BCUT2D eigenvalue weighted by atomic mass is 9.91. The SMILES string of the molecule is CC(C)S(=O)(=O)CC(=O)NC(c1ccc(F)cc1)C1CCCC1. The van der Waals surface area contributed by atoms with Crippen LogP contribution in [0.3, 0.4) is 0 Å². The second kappa shape index (κ2) is 7.43. The van der Waals surface area contributed by atoms with Crippen molar-refractivity contribution in [3.05, 3.63) is 35.6 Å². The average molecular weight is 341 g/mol. The first kappa shape index (κ1) is 17.9. The standard InChI is InChI=1S/C17H24FNO3S/c1-12(2)23(21,22)11-16(20)19-17(13-5-3-4-6-13)14-7-9-15(18)10-8-14/h7-10,12-13,17H,3-6,11H2,1-2H3,(H,19,20). The first-order chi connectivity index (χ1) is 10.8. The molecular formula is C17H24FNO3S. The number of hydrogen-bond donors (Lipinski definition) is 1. The molecule has 2 rings (SSSR count). The maximum absolute atomic E-state index is 13.1. The van der Waals surface area contributed by atoms with Crippen LogP contribution in [-0.4, -0.2) is 25.3 Å². The van der Waals surface area contributed by atoms with Crippen molar-refractivity contribution in [3.8, 4) is 0 Å². The molecule has 0 radical (unpaired) electrons. The number of halogens is 1. The van der Waals surface area contributed by atoms with Crippen LogP contribution >= 0.6 is 0 Å². The molecule has 0 spiro atoms. The summed E-state index contributed by atoms with van der Waals surface area (Å²) in [6.07, 6.45) is 4.17. The third kappa shape index (κ3) is 4.77. The zero-order chi connectivity index (χ0) is 17.0. The summed E-state index contributed by atoms with van der Waals surface area (Å²) in [7, 11) is -3.43. The van der Waals surface area contributed by atoms with Gasteiger partial charge in [-0.3, -0.25) is 4.79 Å². The lowest BCUT2D eigenvalue weighted by Gasteiger charge is -2.25. The molecule has 0 aliphatic heterocycles. The lowest BCUT2D eigenvalue weighted by molar-refractivity contribution is -0.119. The van der Waals surface area contributed by atoms with E-state index in [-0.39, 0.29) is 17.8 Å². The number of amides is 1. The topological polar surface area (TPSA) is 63.2 Å². The van der Waals surface area contributed by atoms with Crippen LogP contribution in [0.5, 0.6) is 0 Å². The Hall–Kier alpha value is -1.43. The summed E-state index contributed by atoms with van der Waals surface area (Å²) in [6.45, 7) is 3.13. The van der Waals surface area contributed by atoms with Gasteiger partial charge in [0.2, 0.25) is 5.91 Å². The van der Waals surface area contributed by atoms with Crippen molar-refractivity contribution in [2.24, 2.45) is 5.92 Å². The highest BCUT2D eigenvalue weighted by Crippen LogP contribution is 2.35. The van der Waals surface area contributed by atoms with Crippen LogP contribution in [0.4, 0.5) is 4.39 Å². The van der Waals surface area contributed by atoms with Gasteiger partial charge in [-0.2, -0.15) is 0 Å². The normalized spacial score (nSPS) is 17.4. The minimum Gasteiger partial charge on any atom is -0.348 e. The molecule has 128 valence electrons. The van der Waals surface area contributed by atoms with Crippen LogP contribution in [0.2, 0.25) is 0 Å². The molecule has 1 N–H and O–H groups in total. The van der Waals surface area contributed by atoms with E-state index in [1.165, 1.54) is 12.1 Å². The van der Waals surface area contributed by atoms with Gasteiger partial charge in [-0.25, -0.2) is 12.8 Å². The molecule has 0 bridgehead atoms. The Bertz CT molecular complexity index is 634. The Kier molecular flexibility index (Phi) is 5.79. The van der Waals surface area contributed by atoms with E-state index >= 15 is 0 Å². The number of hydrogen-bond acceptors (Lipinski definition) is 3. The van der Waals surface area contributed by atoms with Crippen LogP contribution in [-0.2, 0) is 14.6 Å². The molecule has 1 unspecified atom stereocenters. The van der Waals surface area contributed by atoms with Crippen LogP contribution in [0, 0.1) is 11.7 Å². The summed E-state index contributed by atoms with van der Waals surface area (Å²) >= 11 is 0. The van der Waals surface area contributed by atoms with Crippen LogP contribution in [0.15, 0.2) is 24.3 Å². The van der Waals surface area contributed by atoms with E-state index in [0.29, 0.717) is 0 Å². The predicted molar refractivity (Wildman–Crippen MR) is 88.2 cm³/mol. The fourth-order valence-electron chi connectivity index (χ4n) is 3.00. The average Bonchev–Trinajstić information content (AvgIpc) is 2.99. The molecule has 0 heterocycles. The molecule has 1 aromatic carbocycles. The second-order valence-electron chi connectivity index (χ2n) is 6.50. The molecule has 1 atom stereocenters. The van der Waals surface area contributed by atoms with E-state index in [1.54, 1.807) is 26.0 Å². The fraction of sp³-hybridized carbons (Fsp3) is 0.588. The molecule has 0 aromatic heterocycles. The van der Waals surface area contributed by atoms with E-state index < -0.39 is 26.7 Å². The molecule has 1 amide bonds. The van der Waals surface area contributed by atoms with Crippen LogP contribution in [0.25, 0.3) is 0 Å². The van der Waals surface area contributed by atoms with Gasteiger partial charge in [0.05, 0.1) is 11.3 Å². The van der Waals surface area contributed by atoms with Crippen molar-refractivity contribution in [1.82, 2.24) is 5.32 Å². The number of carbonyl (C=O) groups excluding carboxylic acids is 1. The lowest BCUT2D eigenvalue weighted by Crippen LogP contribution is -2.38. The van der Waals surface area contributed by atoms with E-state index in [9.17, 15) is 17.6 Å². The van der Waals surface area contributed by atoms with Crippen LogP contribution in [0.1, 0.15) is 51.1 Å². The molecule has 6 heteroatoms. The van der Waals surface area contributed by atoms with Gasteiger partial charge in [-0.15, -0.1) is 0 Å². The van der Waals surface area contributed by atoms with Gasteiger partial charge in [0.15, 0.2) is 9.84 Å². The van der Waals surface area contributed by atoms with Crippen molar-refractivity contribution in [2.45, 2.75) is 50.8 Å². The summed E-state index contributed by atoms with van der Waals surface area (Å²) in [6, 6.07) is 5.81. The number of nitrogens with one attached hydrogen (secondary N) is 1. The number of carbonyl (C=O) groups is 1. The molecular weight excluding hydrogens is 317 g/mol. The van der Waals surface area contributed by atoms with Crippen molar-refractivity contribution in [2.75, 3.05) is 5.75 Å². The molecule has 0 saturated heterocycles. The van der Waals surface area contributed by atoms with Gasteiger partial charge >= 0.3 is 0 Å². The minimum absolute atomic E-state index is 0.257. The van der Waals surface area contributed by atoms with Gasteiger partial charge in [-0.1, -0.05) is 25.0 Å². The fourth-order valence-corrected chi connectivity index (χ4v) is 3.78. The van der Waals surface area contributed by atoms with Crippen molar-refractivity contribution in [1.29, 1.82) is 0 Å². The third-order valence-corrected chi connectivity index (χ3v) is 6.57. The van der Waals surface area contributed by atoms with Gasteiger partial charge in [0.25, 0.3) is 0 Å². The highest BCUT2D eigenvalue weighted by Gasteiger charge is 2.29. The highest BCUT2D eigenvalue weighted by atomic mass is 32.2. The largest absolute Gasteiger partial charge is 0.348 e.